The van der Waals surface area contributed by atoms with Crippen molar-refractivity contribution in [2.75, 3.05) is 4.90 Å². The molecule has 1 aliphatic carbocycles. The van der Waals surface area contributed by atoms with Crippen molar-refractivity contribution < 1.29 is 35.3 Å². The minimum absolute atomic E-state index is 0. The fourth-order valence-electron chi connectivity index (χ4n) is 2.39. The molecular formula is C13H15F2NOTi. The first-order valence-electron chi connectivity index (χ1n) is 5.91. The SMILES string of the molecule is O=CN(c1ccc(F)cc1F)C1CCCCC1.[Ti]. The minimum atomic E-state index is -0.678. The van der Waals surface area contributed by atoms with E-state index in [1.54, 1.807) is 0 Å². The van der Waals surface area contributed by atoms with Crippen molar-refractivity contribution in [1.82, 2.24) is 0 Å². The van der Waals surface area contributed by atoms with Crippen LogP contribution in [0, 0.1) is 11.6 Å². The van der Waals surface area contributed by atoms with Crippen molar-refractivity contribution in [2.24, 2.45) is 0 Å². The fourth-order valence-corrected chi connectivity index (χ4v) is 2.39. The largest absolute Gasteiger partial charge is 0.309 e. The van der Waals surface area contributed by atoms with E-state index in [2.05, 4.69) is 0 Å². The number of halogens is 2. The van der Waals surface area contributed by atoms with Gasteiger partial charge < -0.3 is 4.90 Å². The predicted molar refractivity (Wildman–Crippen MR) is 61.8 cm³/mol. The normalized spacial score (nSPS) is 15.9. The molecule has 1 aromatic rings. The molecule has 0 N–H and O–H groups in total. The Morgan fingerprint density at radius 3 is 2.39 bits per heavy atom. The molecular weight excluding hydrogens is 272 g/mol. The van der Waals surface area contributed by atoms with Crippen molar-refractivity contribution in [1.29, 1.82) is 0 Å². The molecule has 0 aromatic heterocycles. The van der Waals surface area contributed by atoms with E-state index in [4.69, 9.17) is 0 Å². The van der Waals surface area contributed by atoms with E-state index >= 15 is 0 Å². The summed E-state index contributed by atoms with van der Waals surface area (Å²) in [6.45, 7) is 0. The summed E-state index contributed by atoms with van der Waals surface area (Å²) in [5.74, 6) is -1.30. The van der Waals surface area contributed by atoms with E-state index in [0.717, 1.165) is 38.2 Å². The number of amides is 1. The topological polar surface area (TPSA) is 20.3 Å². The van der Waals surface area contributed by atoms with Crippen molar-refractivity contribution in [2.45, 2.75) is 38.1 Å². The van der Waals surface area contributed by atoms with Crippen LogP contribution >= 0.6 is 0 Å². The second-order valence-electron chi connectivity index (χ2n) is 4.40. The number of hydrogen-bond donors (Lipinski definition) is 0. The average molecular weight is 287 g/mol. The van der Waals surface area contributed by atoms with Gasteiger partial charge in [0.15, 0.2) is 0 Å². The second-order valence-corrected chi connectivity index (χ2v) is 4.40. The Morgan fingerprint density at radius 2 is 1.83 bits per heavy atom. The first-order valence-corrected chi connectivity index (χ1v) is 5.91. The van der Waals surface area contributed by atoms with Gasteiger partial charge in [-0.1, -0.05) is 19.3 Å². The van der Waals surface area contributed by atoms with Crippen molar-refractivity contribution in [3.05, 3.63) is 29.8 Å². The van der Waals surface area contributed by atoms with Crippen LogP contribution in [-0.4, -0.2) is 12.5 Å². The molecule has 0 unspecified atom stereocenters. The summed E-state index contributed by atoms with van der Waals surface area (Å²) >= 11 is 0. The summed E-state index contributed by atoms with van der Waals surface area (Å²) in [6, 6.07) is 3.36. The van der Waals surface area contributed by atoms with E-state index in [1.807, 2.05) is 0 Å². The van der Waals surface area contributed by atoms with Crippen LogP contribution in [0.25, 0.3) is 0 Å². The number of carbonyl (C=O) groups excluding carboxylic acids is 1. The van der Waals surface area contributed by atoms with Gasteiger partial charge in [-0.05, 0) is 25.0 Å². The van der Waals surface area contributed by atoms with Crippen molar-refractivity contribution in [3.8, 4) is 0 Å². The Kier molecular flexibility index (Phi) is 5.96. The maximum atomic E-state index is 13.6. The van der Waals surface area contributed by atoms with Crippen LogP contribution in [-0.2, 0) is 26.5 Å². The van der Waals surface area contributed by atoms with E-state index in [1.165, 1.54) is 17.0 Å². The van der Waals surface area contributed by atoms with Gasteiger partial charge in [0.2, 0.25) is 6.41 Å². The fraction of sp³-hybridized carbons (Fsp3) is 0.462. The second kappa shape index (κ2) is 7.00. The Labute approximate surface area is 120 Å². The number of benzene rings is 1. The minimum Gasteiger partial charge on any atom is -0.309 e. The van der Waals surface area contributed by atoms with Crippen LogP contribution in [0.4, 0.5) is 14.5 Å². The van der Waals surface area contributed by atoms with Gasteiger partial charge in [-0.25, -0.2) is 8.78 Å². The van der Waals surface area contributed by atoms with Gasteiger partial charge in [-0.15, -0.1) is 0 Å². The molecule has 1 fully saturated rings. The van der Waals surface area contributed by atoms with Crippen LogP contribution in [0.15, 0.2) is 18.2 Å². The van der Waals surface area contributed by atoms with Crippen molar-refractivity contribution in [3.63, 3.8) is 0 Å². The maximum Gasteiger partial charge on any atom is 0.214 e. The molecule has 0 aliphatic heterocycles. The van der Waals surface area contributed by atoms with Crippen LogP contribution in [0.5, 0.6) is 0 Å². The summed E-state index contributed by atoms with van der Waals surface area (Å²) in [7, 11) is 0. The summed E-state index contributed by atoms with van der Waals surface area (Å²) in [5.41, 5.74) is 0.174. The van der Waals surface area contributed by atoms with Gasteiger partial charge in [-0.3, -0.25) is 4.79 Å². The third-order valence-corrected chi connectivity index (χ3v) is 3.27. The summed E-state index contributed by atoms with van der Waals surface area (Å²) in [5, 5.41) is 0. The third kappa shape index (κ3) is 3.39. The van der Waals surface area contributed by atoms with Crippen LogP contribution in [0.1, 0.15) is 32.1 Å². The molecule has 18 heavy (non-hydrogen) atoms. The predicted octanol–water partition coefficient (Wildman–Crippen LogP) is 3.26. The Hall–Kier alpha value is -0.736. The van der Waals surface area contributed by atoms with Crippen LogP contribution in [0.3, 0.4) is 0 Å². The summed E-state index contributed by atoms with van der Waals surface area (Å²) < 4.78 is 26.4. The zero-order valence-corrected chi connectivity index (χ0v) is 11.6. The number of nitrogens with zero attached hydrogens (tertiary/aromatic N) is 1. The number of carbonyl (C=O) groups is 1. The first-order chi connectivity index (χ1) is 8.22. The molecule has 5 heteroatoms. The zero-order valence-electron chi connectivity index (χ0n) is 10.0. The Bertz CT molecular complexity index is 408. The zero-order chi connectivity index (χ0) is 12.3. The van der Waals surface area contributed by atoms with E-state index < -0.39 is 11.6 Å². The smallest absolute Gasteiger partial charge is 0.214 e. The molecule has 2 nitrogen and oxygen atoms in total. The van der Waals surface area contributed by atoms with Gasteiger partial charge in [0.25, 0.3) is 0 Å². The van der Waals surface area contributed by atoms with E-state index in [9.17, 15) is 13.6 Å². The van der Waals surface area contributed by atoms with Crippen molar-refractivity contribution >= 4 is 12.1 Å². The number of anilines is 1. The van der Waals surface area contributed by atoms with E-state index in [-0.39, 0.29) is 33.4 Å². The Morgan fingerprint density at radius 1 is 1.17 bits per heavy atom. The first kappa shape index (κ1) is 15.3. The molecule has 0 radical (unpaired) electrons. The van der Waals surface area contributed by atoms with E-state index in [0.29, 0.717) is 6.41 Å². The summed E-state index contributed by atoms with van der Waals surface area (Å²) in [4.78, 5) is 12.5. The van der Waals surface area contributed by atoms with Crippen LogP contribution < -0.4 is 4.90 Å². The maximum absolute atomic E-state index is 13.6. The van der Waals surface area contributed by atoms with Crippen LogP contribution in [0.2, 0.25) is 0 Å². The molecule has 0 bridgehead atoms. The molecule has 1 saturated carbocycles. The quantitative estimate of drug-likeness (QED) is 0.617. The third-order valence-electron chi connectivity index (χ3n) is 3.27. The number of hydrogen-bond acceptors (Lipinski definition) is 1. The van der Waals surface area contributed by atoms with Gasteiger partial charge in [0, 0.05) is 33.8 Å². The van der Waals surface area contributed by atoms with Gasteiger partial charge in [0.05, 0.1) is 5.69 Å². The standard InChI is InChI=1S/C13H15F2NO.Ti/c14-10-6-7-13(12(15)8-10)16(9-17)11-4-2-1-3-5-11;/h6-9,11H,1-5H2;. The van der Waals surface area contributed by atoms with Gasteiger partial charge >= 0.3 is 0 Å². The molecule has 0 spiro atoms. The molecule has 1 amide bonds. The van der Waals surface area contributed by atoms with Gasteiger partial charge in [0.1, 0.15) is 11.6 Å². The Balaban J connectivity index is 0.00000162. The molecule has 0 atom stereocenters. The molecule has 0 saturated heterocycles. The molecule has 96 valence electrons. The molecule has 1 aliphatic rings. The molecule has 2 rings (SSSR count). The summed E-state index contributed by atoms with van der Waals surface area (Å²) in [6.07, 6.45) is 5.68. The molecule has 1 aromatic carbocycles. The molecule has 0 heterocycles. The van der Waals surface area contributed by atoms with Gasteiger partial charge in [-0.2, -0.15) is 0 Å². The monoisotopic (exact) mass is 287 g/mol. The average Bonchev–Trinajstić information content (AvgIpc) is 2.34. The number of rotatable bonds is 3.